The Hall–Kier alpha value is -2.38. The van der Waals surface area contributed by atoms with Gasteiger partial charge in [-0.05, 0) is 49.6 Å². The highest BCUT2D eigenvalue weighted by molar-refractivity contribution is 7.89. The monoisotopic (exact) mass is 390 g/mol. The zero-order valence-electron chi connectivity index (χ0n) is 16.4. The molecule has 0 saturated carbocycles. The molecule has 0 atom stereocenters. The van der Waals surface area contributed by atoms with Gasteiger partial charge >= 0.3 is 0 Å². The lowest BCUT2D eigenvalue weighted by Gasteiger charge is -2.25. The second kappa shape index (κ2) is 8.54. The van der Waals surface area contributed by atoms with Crippen LogP contribution in [0.1, 0.15) is 23.6 Å². The number of benzene rings is 2. The predicted molar refractivity (Wildman–Crippen MR) is 107 cm³/mol. The van der Waals surface area contributed by atoms with E-state index < -0.39 is 10.0 Å². The van der Waals surface area contributed by atoms with Crippen molar-refractivity contribution in [2.24, 2.45) is 0 Å². The number of carbonyl (C=O) groups excluding carboxylic acids is 1. The minimum Gasteiger partial charge on any atom is -0.495 e. The summed E-state index contributed by atoms with van der Waals surface area (Å²) >= 11 is 0. The van der Waals surface area contributed by atoms with Crippen molar-refractivity contribution in [3.05, 3.63) is 53.1 Å². The molecule has 1 amide bonds. The predicted octanol–water partition coefficient (Wildman–Crippen LogP) is 2.95. The van der Waals surface area contributed by atoms with Crippen molar-refractivity contribution in [1.82, 2.24) is 4.72 Å². The molecule has 0 aliphatic carbocycles. The van der Waals surface area contributed by atoms with E-state index in [9.17, 15) is 13.2 Å². The van der Waals surface area contributed by atoms with Gasteiger partial charge in [0, 0.05) is 25.7 Å². The van der Waals surface area contributed by atoms with E-state index in [1.807, 2.05) is 39.0 Å². The summed E-state index contributed by atoms with van der Waals surface area (Å²) in [5.74, 6) is 0.144. The minimum atomic E-state index is -3.76. The van der Waals surface area contributed by atoms with Crippen LogP contribution in [0.4, 0.5) is 5.69 Å². The molecule has 27 heavy (non-hydrogen) atoms. The van der Waals surface area contributed by atoms with Crippen LogP contribution < -0.4 is 14.4 Å². The van der Waals surface area contributed by atoms with Crippen molar-refractivity contribution in [2.45, 2.75) is 32.6 Å². The van der Waals surface area contributed by atoms with Gasteiger partial charge in [-0.3, -0.25) is 4.79 Å². The molecule has 0 radical (unpaired) electrons. The highest BCUT2D eigenvalue weighted by Gasteiger charge is 2.21. The molecule has 0 spiro atoms. The van der Waals surface area contributed by atoms with Crippen LogP contribution in [0.2, 0.25) is 0 Å². The molecule has 1 N–H and O–H groups in total. The molecule has 2 aromatic carbocycles. The third-order valence-corrected chi connectivity index (χ3v) is 5.81. The third kappa shape index (κ3) is 4.87. The Labute approximate surface area is 161 Å². The normalized spacial score (nSPS) is 11.3. The number of sulfonamides is 1. The largest absolute Gasteiger partial charge is 0.495 e. The van der Waals surface area contributed by atoms with Crippen LogP contribution in [-0.4, -0.2) is 34.5 Å². The van der Waals surface area contributed by atoms with Crippen LogP contribution in [0.15, 0.2) is 41.3 Å². The van der Waals surface area contributed by atoms with Crippen LogP contribution >= 0.6 is 0 Å². The van der Waals surface area contributed by atoms with Gasteiger partial charge in [0.25, 0.3) is 0 Å². The van der Waals surface area contributed by atoms with Gasteiger partial charge in [-0.15, -0.1) is 0 Å². The maximum absolute atomic E-state index is 12.7. The number of aryl methyl sites for hydroxylation is 3. The fourth-order valence-corrected chi connectivity index (χ4v) is 4.29. The van der Waals surface area contributed by atoms with Crippen LogP contribution in [0.25, 0.3) is 0 Å². The van der Waals surface area contributed by atoms with Gasteiger partial charge in [0.1, 0.15) is 10.6 Å². The quantitative estimate of drug-likeness (QED) is 0.789. The van der Waals surface area contributed by atoms with Gasteiger partial charge in [0.15, 0.2) is 0 Å². The maximum Gasteiger partial charge on any atom is 0.244 e. The molecule has 0 aliphatic rings. The number of anilines is 1. The molecule has 7 heteroatoms. The molecule has 0 aromatic heterocycles. The molecule has 6 nitrogen and oxygen atoms in total. The fourth-order valence-electron chi connectivity index (χ4n) is 3.02. The smallest absolute Gasteiger partial charge is 0.244 e. The number of nitrogens with one attached hydrogen (secondary N) is 1. The highest BCUT2D eigenvalue weighted by Crippen LogP contribution is 2.26. The Balaban J connectivity index is 2.20. The molecule has 0 unspecified atom stereocenters. The lowest BCUT2D eigenvalue weighted by molar-refractivity contribution is -0.116. The van der Waals surface area contributed by atoms with E-state index >= 15 is 0 Å². The summed E-state index contributed by atoms with van der Waals surface area (Å²) in [7, 11) is -2.33. The summed E-state index contributed by atoms with van der Waals surface area (Å²) in [6, 6.07) is 10.8. The van der Waals surface area contributed by atoms with Crippen molar-refractivity contribution in [3.8, 4) is 5.75 Å². The van der Waals surface area contributed by atoms with Crippen LogP contribution in [0.5, 0.6) is 5.75 Å². The standard InChI is InChI=1S/C20H26N2O4S/c1-14-9-10-18(26-5)19(13-14)27(24,25)21-11-12-22(17(4)23)20-15(2)7-6-8-16(20)3/h6-10,13,21H,11-12H2,1-5H3. The van der Waals surface area contributed by atoms with Crippen LogP contribution in [-0.2, 0) is 14.8 Å². The SMILES string of the molecule is COc1ccc(C)cc1S(=O)(=O)NCCN(C(C)=O)c1c(C)cccc1C. The average molecular weight is 391 g/mol. The first-order valence-corrected chi connectivity index (χ1v) is 10.1. The number of amides is 1. The zero-order chi connectivity index (χ0) is 20.2. The molecule has 2 rings (SSSR count). The second-order valence-corrected chi connectivity index (χ2v) is 8.20. The molecule has 2 aromatic rings. The fraction of sp³-hybridized carbons (Fsp3) is 0.350. The van der Waals surface area contributed by atoms with E-state index in [0.717, 1.165) is 22.4 Å². The third-order valence-electron chi connectivity index (χ3n) is 4.33. The number of hydrogen-bond acceptors (Lipinski definition) is 4. The Bertz CT molecular complexity index is 919. The maximum atomic E-state index is 12.7. The van der Waals surface area contributed by atoms with Gasteiger partial charge in [-0.1, -0.05) is 24.3 Å². The topological polar surface area (TPSA) is 75.7 Å². The van der Waals surface area contributed by atoms with E-state index in [-0.39, 0.29) is 29.6 Å². The van der Waals surface area contributed by atoms with E-state index in [4.69, 9.17) is 4.74 Å². The molecule has 0 fully saturated rings. The average Bonchev–Trinajstić information content (AvgIpc) is 2.59. The molecule has 0 bridgehead atoms. The van der Waals surface area contributed by atoms with Crippen LogP contribution in [0, 0.1) is 20.8 Å². The first-order chi connectivity index (χ1) is 12.7. The first-order valence-electron chi connectivity index (χ1n) is 8.66. The van der Waals surface area contributed by atoms with Crippen molar-refractivity contribution in [3.63, 3.8) is 0 Å². The Morgan fingerprint density at radius 3 is 2.30 bits per heavy atom. The Morgan fingerprint density at radius 1 is 1.11 bits per heavy atom. The summed E-state index contributed by atoms with van der Waals surface area (Å²) in [4.78, 5) is 13.8. The second-order valence-electron chi connectivity index (χ2n) is 6.46. The summed E-state index contributed by atoms with van der Waals surface area (Å²) in [5, 5.41) is 0. The summed E-state index contributed by atoms with van der Waals surface area (Å²) in [6.45, 7) is 7.47. The number of carbonyl (C=O) groups is 1. The van der Waals surface area contributed by atoms with Crippen molar-refractivity contribution < 1.29 is 17.9 Å². The van der Waals surface area contributed by atoms with E-state index in [2.05, 4.69) is 4.72 Å². The van der Waals surface area contributed by atoms with E-state index in [0.29, 0.717) is 0 Å². The molecular formula is C20H26N2O4S. The summed E-state index contributed by atoms with van der Waals surface area (Å²) in [6.07, 6.45) is 0. The molecular weight excluding hydrogens is 364 g/mol. The van der Waals surface area contributed by atoms with Crippen molar-refractivity contribution in [1.29, 1.82) is 0 Å². The molecule has 146 valence electrons. The molecule has 0 aliphatic heterocycles. The number of methoxy groups -OCH3 is 1. The highest BCUT2D eigenvalue weighted by atomic mass is 32.2. The molecule has 0 saturated heterocycles. The lowest BCUT2D eigenvalue weighted by atomic mass is 10.1. The van der Waals surface area contributed by atoms with Gasteiger partial charge in [0.2, 0.25) is 15.9 Å². The summed E-state index contributed by atoms with van der Waals surface area (Å²) < 4.78 is 33.1. The van der Waals surface area contributed by atoms with Crippen molar-refractivity contribution in [2.75, 3.05) is 25.1 Å². The Kier molecular flexibility index (Phi) is 6.62. The number of hydrogen-bond donors (Lipinski definition) is 1. The van der Waals surface area contributed by atoms with Gasteiger partial charge in [0.05, 0.1) is 7.11 Å². The van der Waals surface area contributed by atoms with E-state index in [1.54, 1.807) is 23.1 Å². The van der Waals surface area contributed by atoms with Crippen LogP contribution in [0.3, 0.4) is 0 Å². The number of nitrogens with zero attached hydrogens (tertiary/aromatic N) is 1. The molecule has 0 heterocycles. The summed E-state index contributed by atoms with van der Waals surface area (Å²) in [5.41, 5.74) is 3.57. The number of rotatable bonds is 7. The van der Waals surface area contributed by atoms with Gasteiger partial charge < -0.3 is 9.64 Å². The number of para-hydroxylation sites is 1. The zero-order valence-corrected chi connectivity index (χ0v) is 17.2. The van der Waals surface area contributed by atoms with Gasteiger partial charge in [-0.2, -0.15) is 0 Å². The Morgan fingerprint density at radius 2 is 1.74 bits per heavy atom. The first kappa shape index (κ1) is 20.9. The number of ether oxygens (including phenoxy) is 1. The van der Waals surface area contributed by atoms with Gasteiger partial charge in [-0.25, -0.2) is 13.1 Å². The minimum absolute atomic E-state index is 0.0893. The van der Waals surface area contributed by atoms with E-state index in [1.165, 1.54) is 14.0 Å². The lowest BCUT2D eigenvalue weighted by Crippen LogP contribution is -2.38. The van der Waals surface area contributed by atoms with Crippen molar-refractivity contribution >= 4 is 21.6 Å².